The quantitative estimate of drug-likeness (QED) is 0.348. The maximum atomic E-state index is 9.73. The number of nitrogens with zero attached hydrogens (tertiary/aromatic N) is 6. The van der Waals surface area contributed by atoms with Crippen molar-refractivity contribution in [2.75, 3.05) is 48.8 Å². The Morgan fingerprint density at radius 2 is 1.94 bits per heavy atom. The third-order valence-electron chi connectivity index (χ3n) is 6.72. The van der Waals surface area contributed by atoms with Gasteiger partial charge in [-0.15, -0.1) is 0 Å². The standard InChI is InChI=1S/C27H34N8O/c1-19-16-34(14-13-33(19)17-20(2)36)24-8-6-23(7-9-24)31-27-30-15-21-10-12-35(26(21)32-27)18-22-5-4-11-29-25(22)28-3/h4-12,15,19-20,36H,13-14,16-18H2,1-3H3,(H,28,29)(H,30,31,32)/t19-,20-/m0/s1. The molecule has 0 saturated carbocycles. The Hall–Kier alpha value is -3.69. The molecule has 2 atom stereocenters. The molecule has 0 radical (unpaired) electrons. The van der Waals surface area contributed by atoms with E-state index in [2.05, 4.69) is 72.2 Å². The van der Waals surface area contributed by atoms with Crippen LogP contribution in [0.25, 0.3) is 11.0 Å². The van der Waals surface area contributed by atoms with E-state index in [9.17, 15) is 5.11 Å². The summed E-state index contributed by atoms with van der Waals surface area (Å²) in [5.41, 5.74) is 4.12. The van der Waals surface area contributed by atoms with Gasteiger partial charge in [0.25, 0.3) is 0 Å². The van der Waals surface area contributed by atoms with E-state index in [0.29, 0.717) is 18.5 Å². The lowest BCUT2D eigenvalue weighted by Crippen LogP contribution is -2.53. The number of aliphatic hydroxyl groups is 1. The molecule has 3 N–H and O–H groups in total. The third-order valence-corrected chi connectivity index (χ3v) is 6.72. The first-order valence-electron chi connectivity index (χ1n) is 12.5. The molecule has 0 unspecified atom stereocenters. The van der Waals surface area contributed by atoms with Gasteiger partial charge >= 0.3 is 0 Å². The summed E-state index contributed by atoms with van der Waals surface area (Å²) in [6, 6.07) is 14.9. The molecule has 0 aliphatic carbocycles. The number of anilines is 4. The van der Waals surface area contributed by atoms with Crippen LogP contribution in [0.3, 0.4) is 0 Å². The van der Waals surface area contributed by atoms with Crippen LogP contribution in [0.2, 0.25) is 0 Å². The van der Waals surface area contributed by atoms with E-state index < -0.39 is 0 Å². The topological polar surface area (TPSA) is 94.4 Å². The van der Waals surface area contributed by atoms with Crippen molar-refractivity contribution >= 4 is 34.2 Å². The maximum Gasteiger partial charge on any atom is 0.229 e. The van der Waals surface area contributed by atoms with Gasteiger partial charge in [0.2, 0.25) is 5.95 Å². The largest absolute Gasteiger partial charge is 0.392 e. The fourth-order valence-corrected chi connectivity index (χ4v) is 4.86. The van der Waals surface area contributed by atoms with E-state index >= 15 is 0 Å². The molecule has 1 aliphatic heterocycles. The molecule has 0 spiro atoms. The maximum absolute atomic E-state index is 9.73. The number of aromatic nitrogens is 4. The molecule has 9 heteroatoms. The van der Waals surface area contributed by atoms with Crippen molar-refractivity contribution < 1.29 is 5.11 Å². The van der Waals surface area contributed by atoms with Crippen LogP contribution >= 0.6 is 0 Å². The van der Waals surface area contributed by atoms with Gasteiger partial charge in [-0.05, 0) is 50.2 Å². The zero-order chi connectivity index (χ0) is 25.1. The van der Waals surface area contributed by atoms with E-state index in [0.717, 1.165) is 54.3 Å². The normalized spacial score (nSPS) is 17.3. The molecular weight excluding hydrogens is 452 g/mol. The Kier molecular flexibility index (Phi) is 7.02. The summed E-state index contributed by atoms with van der Waals surface area (Å²) in [6.45, 7) is 8.32. The number of piperazine rings is 1. The van der Waals surface area contributed by atoms with Crippen LogP contribution in [0.1, 0.15) is 19.4 Å². The Bertz CT molecular complexity index is 1300. The lowest BCUT2D eigenvalue weighted by atomic mass is 10.1. The van der Waals surface area contributed by atoms with Crippen molar-refractivity contribution in [1.29, 1.82) is 0 Å². The van der Waals surface area contributed by atoms with E-state index in [1.54, 1.807) is 6.20 Å². The SMILES string of the molecule is CNc1ncccc1Cn1ccc2cnc(Nc3ccc(N4CCN(C[C@H](C)O)[C@@H](C)C4)cc3)nc21. The monoisotopic (exact) mass is 486 g/mol. The van der Waals surface area contributed by atoms with Crippen LogP contribution in [-0.4, -0.2) is 74.9 Å². The minimum atomic E-state index is -0.296. The highest BCUT2D eigenvalue weighted by molar-refractivity contribution is 5.77. The van der Waals surface area contributed by atoms with Crippen LogP contribution < -0.4 is 15.5 Å². The van der Waals surface area contributed by atoms with E-state index in [-0.39, 0.29) is 6.10 Å². The number of hydrogen-bond acceptors (Lipinski definition) is 8. The van der Waals surface area contributed by atoms with E-state index in [1.165, 1.54) is 5.69 Å². The number of pyridine rings is 1. The highest BCUT2D eigenvalue weighted by atomic mass is 16.3. The van der Waals surface area contributed by atoms with Gasteiger partial charge in [-0.3, -0.25) is 4.90 Å². The molecule has 4 aromatic rings. The third kappa shape index (κ3) is 5.27. The summed E-state index contributed by atoms with van der Waals surface area (Å²) < 4.78 is 2.11. The number of β-amino-alcohol motifs (C(OH)–C–C–N with tert-alkyl or cyclic N) is 1. The van der Waals surface area contributed by atoms with Gasteiger partial charge in [-0.2, -0.15) is 4.98 Å². The molecule has 1 fully saturated rings. The lowest BCUT2D eigenvalue weighted by Gasteiger charge is -2.41. The first-order chi connectivity index (χ1) is 17.5. The minimum absolute atomic E-state index is 0.296. The van der Waals surface area contributed by atoms with Crippen molar-refractivity contribution in [3.63, 3.8) is 0 Å². The summed E-state index contributed by atoms with van der Waals surface area (Å²) in [5, 5.41) is 17.2. The molecule has 188 valence electrons. The summed E-state index contributed by atoms with van der Waals surface area (Å²) >= 11 is 0. The van der Waals surface area contributed by atoms with Gasteiger partial charge < -0.3 is 25.2 Å². The number of benzene rings is 1. The zero-order valence-corrected chi connectivity index (χ0v) is 21.1. The number of hydrogen-bond donors (Lipinski definition) is 3. The molecular formula is C27H34N8O. The Morgan fingerprint density at radius 1 is 1.11 bits per heavy atom. The van der Waals surface area contributed by atoms with Gasteiger partial charge in [-0.1, -0.05) is 6.07 Å². The Morgan fingerprint density at radius 3 is 2.69 bits per heavy atom. The first-order valence-corrected chi connectivity index (χ1v) is 12.5. The van der Waals surface area contributed by atoms with Gasteiger partial charge in [0.1, 0.15) is 11.5 Å². The lowest BCUT2D eigenvalue weighted by molar-refractivity contribution is 0.0960. The average molecular weight is 487 g/mol. The predicted octanol–water partition coefficient (Wildman–Crippen LogP) is 3.55. The molecule has 9 nitrogen and oxygen atoms in total. The number of fused-ring (bicyclic) bond motifs is 1. The second kappa shape index (κ2) is 10.5. The van der Waals surface area contributed by atoms with Crippen LogP contribution in [0.4, 0.5) is 23.1 Å². The highest BCUT2D eigenvalue weighted by Gasteiger charge is 2.24. The van der Waals surface area contributed by atoms with Crippen molar-refractivity contribution in [1.82, 2.24) is 24.4 Å². The van der Waals surface area contributed by atoms with Crippen LogP contribution in [0, 0.1) is 0 Å². The van der Waals surface area contributed by atoms with Crippen molar-refractivity contribution in [2.24, 2.45) is 0 Å². The first kappa shape index (κ1) is 24.0. The summed E-state index contributed by atoms with van der Waals surface area (Å²) in [7, 11) is 1.88. The summed E-state index contributed by atoms with van der Waals surface area (Å²) in [5.74, 6) is 1.43. The van der Waals surface area contributed by atoms with Crippen LogP contribution in [-0.2, 0) is 6.54 Å². The van der Waals surface area contributed by atoms with Crippen molar-refractivity contribution in [3.05, 3.63) is 66.6 Å². The molecule has 1 aromatic carbocycles. The Labute approximate surface area is 211 Å². The molecule has 1 aliphatic rings. The van der Waals surface area contributed by atoms with E-state index in [4.69, 9.17) is 4.98 Å². The Balaban J connectivity index is 1.27. The fourth-order valence-electron chi connectivity index (χ4n) is 4.86. The zero-order valence-electron chi connectivity index (χ0n) is 21.1. The van der Waals surface area contributed by atoms with Crippen LogP contribution in [0.5, 0.6) is 0 Å². The fraction of sp³-hybridized carbons (Fsp3) is 0.370. The molecule has 3 aromatic heterocycles. The molecule has 0 amide bonds. The van der Waals surface area contributed by atoms with Gasteiger partial charge in [0, 0.05) is 80.2 Å². The molecule has 5 rings (SSSR count). The minimum Gasteiger partial charge on any atom is -0.392 e. The molecule has 1 saturated heterocycles. The second-order valence-electron chi connectivity index (χ2n) is 9.49. The van der Waals surface area contributed by atoms with Crippen molar-refractivity contribution in [3.8, 4) is 0 Å². The van der Waals surface area contributed by atoms with Gasteiger partial charge in [0.15, 0.2) is 0 Å². The summed E-state index contributed by atoms with van der Waals surface area (Å²) in [4.78, 5) is 18.5. The number of aliphatic hydroxyl groups excluding tert-OH is 1. The van der Waals surface area contributed by atoms with E-state index in [1.807, 2.05) is 38.5 Å². The molecule has 4 heterocycles. The molecule has 36 heavy (non-hydrogen) atoms. The van der Waals surface area contributed by atoms with Gasteiger partial charge in [-0.25, -0.2) is 9.97 Å². The highest BCUT2D eigenvalue weighted by Crippen LogP contribution is 2.24. The van der Waals surface area contributed by atoms with Crippen molar-refractivity contribution in [2.45, 2.75) is 32.5 Å². The van der Waals surface area contributed by atoms with Crippen LogP contribution in [0.15, 0.2) is 61.1 Å². The second-order valence-corrected chi connectivity index (χ2v) is 9.49. The average Bonchev–Trinajstić information content (AvgIpc) is 3.28. The molecule has 0 bridgehead atoms. The number of rotatable bonds is 8. The summed E-state index contributed by atoms with van der Waals surface area (Å²) in [6.07, 6.45) is 5.38. The smallest absolute Gasteiger partial charge is 0.229 e. The van der Waals surface area contributed by atoms with Gasteiger partial charge in [0.05, 0.1) is 12.6 Å². The predicted molar refractivity (Wildman–Crippen MR) is 145 cm³/mol. The number of nitrogens with one attached hydrogen (secondary N) is 2.